The zero-order valence-corrected chi connectivity index (χ0v) is 13.2. The molecule has 0 bridgehead atoms. The molecule has 7 heteroatoms. The second kappa shape index (κ2) is 6.19. The first-order valence-corrected chi connectivity index (χ1v) is 7.12. The average molecular weight is 367 g/mol. The standard InChI is InChI=1S/C14H11BrN2O3S/c1-2-5-17-13(20)9(12(19)16-14(17)21)6-8-3-4-11(18)10(15)7-8/h2-4,6-7,18H,1,5H2,(H,16,19,21)/b9-6+. The normalized spacial score (nSPS) is 17.1. The fourth-order valence-corrected chi connectivity index (χ4v) is 2.42. The van der Waals surface area contributed by atoms with Crippen LogP contribution in [0.25, 0.3) is 6.08 Å². The first kappa shape index (κ1) is 15.4. The van der Waals surface area contributed by atoms with Crippen molar-refractivity contribution in [3.05, 3.63) is 46.5 Å². The highest BCUT2D eigenvalue weighted by Gasteiger charge is 2.32. The molecular weight excluding hydrogens is 356 g/mol. The van der Waals surface area contributed by atoms with Crippen LogP contribution in [0, 0.1) is 0 Å². The molecule has 1 aromatic rings. The van der Waals surface area contributed by atoms with E-state index in [4.69, 9.17) is 12.2 Å². The van der Waals surface area contributed by atoms with E-state index in [2.05, 4.69) is 27.8 Å². The summed E-state index contributed by atoms with van der Waals surface area (Å²) in [5.41, 5.74) is 0.576. The van der Waals surface area contributed by atoms with E-state index in [9.17, 15) is 14.7 Å². The summed E-state index contributed by atoms with van der Waals surface area (Å²) in [4.78, 5) is 25.5. The van der Waals surface area contributed by atoms with Crippen molar-refractivity contribution in [2.45, 2.75) is 0 Å². The number of nitrogens with one attached hydrogen (secondary N) is 1. The summed E-state index contributed by atoms with van der Waals surface area (Å²) in [5.74, 6) is -0.951. The van der Waals surface area contributed by atoms with Gasteiger partial charge in [-0.05, 0) is 51.9 Å². The number of halogens is 1. The van der Waals surface area contributed by atoms with Gasteiger partial charge in [-0.1, -0.05) is 12.1 Å². The van der Waals surface area contributed by atoms with Crippen molar-refractivity contribution >= 4 is 51.2 Å². The van der Waals surface area contributed by atoms with Crippen LogP contribution in [-0.4, -0.2) is 33.5 Å². The minimum atomic E-state index is -0.547. The van der Waals surface area contributed by atoms with Gasteiger partial charge in [-0.25, -0.2) is 0 Å². The first-order chi connectivity index (χ1) is 9.93. The van der Waals surface area contributed by atoms with Crippen molar-refractivity contribution in [2.75, 3.05) is 6.54 Å². The number of carbonyl (C=O) groups excluding carboxylic acids is 2. The van der Waals surface area contributed by atoms with Crippen molar-refractivity contribution in [3.63, 3.8) is 0 Å². The van der Waals surface area contributed by atoms with Gasteiger partial charge in [-0.3, -0.25) is 19.8 Å². The van der Waals surface area contributed by atoms with E-state index in [1.54, 1.807) is 12.1 Å². The third-order valence-electron chi connectivity index (χ3n) is 2.78. The lowest BCUT2D eigenvalue weighted by Gasteiger charge is -2.27. The molecule has 0 radical (unpaired) electrons. The molecule has 1 saturated heterocycles. The van der Waals surface area contributed by atoms with E-state index in [0.717, 1.165) is 0 Å². The van der Waals surface area contributed by atoms with Crippen molar-refractivity contribution in [1.82, 2.24) is 10.2 Å². The summed E-state index contributed by atoms with van der Waals surface area (Å²) in [6.45, 7) is 3.77. The number of hydrogen-bond donors (Lipinski definition) is 2. The lowest BCUT2D eigenvalue weighted by Crippen LogP contribution is -2.53. The number of benzene rings is 1. The average Bonchev–Trinajstić information content (AvgIpc) is 2.43. The smallest absolute Gasteiger partial charge is 0.265 e. The molecule has 0 unspecified atom stereocenters. The van der Waals surface area contributed by atoms with E-state index < -0.39 is 11.8 Å². The first-order valence-electron chi connectivity index (χ1n) is 5.92. The van der Waals surface area contributed by atoms with Crippen LogP contribution in [0.15, 0.2) is 40.9 Å². The van der Waals surface area contributed by atoms with Crippen LogP contribution in [0.1, 0.15) is 5.56 Å². The number of amides is 2. The van der Waals surface area contributed by atoms with Crippen LogP contribution in [-0.2, 0) is 9.59 Å². The zero-order chi connectivity index (χ0) is 15.6. The second-order valence-electron chi connectivity index (χ2n) is 4.23. The van der Waals surface area contributed by atoms with Crippen LogP contribution < -0.4 is 5.32 Å². The van der Waals surface area contributed by atoms with Gasteiger partial charge >= 0.3 is 0 Å². The molecule has 0 spiro atoms. The van der Waals surface area contributed by atoms with Crippen molar-refractivity contribution in [2.24, 2.45) is 0 Å². The molecule has 1 fully saturated rings. The van der Waals surface area contributed by atoms with Crippen molar-refractivity contribution < 1.29 is 14.7 Å². The molecule has 2 N–H and O–H groups in total. The Morgan fingerprint density at radius 1 is 1.43 bits per heavy atom. The Kier molecular flexibility index (Phi) is 4.54. The molecule has 1 aliphatic heterocycles. The monoisotopic (exact) mass is 366 g/mol. The Morgan fingerprint density at radius 2 is 2.14 bits per heavy atom. The summed E-state index contributed by atoms with van der Waals surface area (Å²) in [6, 6.07) is 4.67. The molecule has 1 heterocycles. The maximum atomic E-state index is 12.3. The summed E-state index contributed by atoms with van der Waals surface area (Å²) in [6.07, 6.45) is 2.97. The van der Waals surface area contributed by atoms with E-state index in [1.807, 2.05) is 0 Å². The second-order valence-corrected chi connectivity index (χ2v) is 5.47. The van der Waals surface area contributed by atoms with Crippen LogP contribution in [0.2, 0.25) is 0 Å². The Balaban J connectivity index is 2.40. The number of carbonyl (C=O) groups is 2. The summed E-state index contributed by atoms with van der Waals surface area (Å²) >= 11 is 8.14. The minimum absolute atomic E-state index is 0.0250. The van der Waals surface area contributed by atoms with Gasteiger partial charge < -0.3 is 5.11 Å². The minimum Gasteiger partial charge on any atom is -0.507 e. The maximum Gasteiger partial charge on any atom is 0.265 e. The van der Waals surface area contributed by atoms with Gasteiger partial charge in [0.2, 0.25) is 0 Å². The quantitative estimate of drug-likeness (QED) is 0.371. The maximum absolute atomic E-state index is 12.3. The van der Waals surface area contributed by atoms with Gasteiger partial charge in [0.05, 0.1) is 4.47 Å². The Bertz CT molecular complexity index is 685. The molecule has 5 nitrogen and oxygen atoms in total. The van der Waals surface area contributed by atoms with E-state index in [1.165, 1.54) is 23.1 Å². The highest BCUT2D eigenvalue weighted by molar-refractivity contribution is 9.10. The van der Waals surface area contributed by atoms with Gasteiger partial charge in [-0.2, -0.15) is 0 Å². The number of phenolic OH excluding ortho intramolecular Hbond substituents is 1. The third-order valence-corrected chi connectivity index (χ3v) is 3.74. The highest BCUT2D eigenvalue weighted by Crippen LogP contribution is 2.25. The van der Waals surface area contributed by atoms with Gasteiger partial charge in [0, 0.05) is 6.54 Å². The lowest BCUT2D eigenvalue weighted by atomic mass is 10.1. The largest absolute Gasteiger partial charge is 0.507 e. The van der Waals surface area contributed by atoms with Gasteiger partial charge in [0.1, 0.15) is 11.3 Å². The number of phenols is 1. The van der Waals surface area contributed by atoms with Gasteiger partial charge in [0.15, 0.2) is 5.11 Å². The zero-order valence-electron chi connectivity index (χ0n) is 10.8. The fourth-order valence-electron chi connectivity index (χ4n) is 1.77. The van der Waals surface area contributed by atoms with E-state index >= 15 is 0 Å². The van der Waals surface area contributed by atoms with E-state index in [0.29, 0.717) is 10.0 Å². The van der Waals surface area contributed by atoms with Gasteiger partial charge in [0.25, 0.3) is 11.8 Å². The van der Waals surface area contributed by atoms with E-state index in [-0.39, 0.29) is 23.0 Å². The third kappa shape index (κ3) is 3.20. The molecular formula is C14H11BrN2O3S. The van der Waals surface area contributed by atoms with Crippen LogP contribution in [0.5, 0.6) is 5.75 Å². The summed E-state index contributed by atoms with van der Waals surface area (Å²) in [7, 11) is 0. The molecule has 0 atom stereocenters. The Labute approximate surface area is 135 Å². The molecule has 1 aromatic carbocycles. The van der Waals surface area contributed by atoms with Gasteiger partial charge in [-0.15, -0.1) is 6.58 Å². The predicted molar refractivity (Wildman–Crippen MR) is 86.4 cm³/mol. The molecule has 1 aliphatic rings. The number of hydrogen-bond acceptors (Lipinski definition) is 4. The fraction of sp³-hybridized carbons (Fsp3) is 0.0714. The summed E-state index contributed by atoms with van der Waals surface area (Å²) < 4.78 is 0.471. The summed E-state index contributed by atoms with van der Waals surface area (Å²) in [5, 5.41) is 12.0. The molecule has 2 rings (SSSR count). The number of thiocarbonyl (C=S) groups is 1. The highest BCUT2D eigenvalue weighted by atomic mass is 79.9. The molecule has 108 valence electrons. The van der Waals surface area contributed by atoms with Crippen molar-refractivity contribution in [1.29, 1.82) is 0 Å². The number of nitrogens with zero attached hydrogens (tertiary/aromatic N) is 1. The molecule has 0 aliphatic carbocycles. The SMILES string of the molecule is C=CCN1C(=O)/C(=C/c2ccc(O)c(Br)c2)C(=O)NC1=S. The number of aromatic hydroxyl groups is 1. The Morgan fingerprint density at radius 3 is 2.76 bits per heavy atom. The van der Waals surface area contributed by atoms with Crippen molar-refractivity contribution in [3.8, 4) is 5.75 Å². The predicted octanol–water partition coefficient (Wildman–Crippen LogP) is 1.97. The molecule has 2 amide bonds. The number of rotatable bonds is 3. The lowest BCUT2D eigenvalue weighted by molar-refractivity contribution is -0.128. The Hall–Kier alpha value is -1.99. The topological polar surface area (TPSA) is 69.6 Å². The van der Waals surface area contributed by atoms with Crippen LogP contribution in [0.4, 0.5) is 0 Å². The molecule has 0 saturated carbocycles. The molecule has 0 aromatic heterocycles. The molecule has 21 heavy (non-hydrogen) atoms. The van der Waals surface area contributed by atoms with Crippen LogP contribution in [0.3, 0.4) is 0 Å². The van der Waals surface area contributed by atoms with Crippen LogP contribution >= 0.6 is 28.1 Å².